The zero-order chi connectivity index (χ0) is 23.5. The van der Waals surface area contributed by atoms with Crippen LogP contribution in [0.3, 0.4) is 0 Å². The van der Waals surface area contributed by atoms with E-state index in [1.807, 2.05) is 0 Å². The molecule has 1 N–H and O–H groups in total. The quantitative estimate of drug-likeness (QED) is 0.453. The lowest BCUT2D eigenvalue weighted by Crippen LogP contribution is -2.28. The number of hydrogen-bond donors (Lipinski definition) is 1. The molecule has 1 saturated heterocycles. The Bertz CT molecular complexity index is 1220. The SMILES string of the molecule is CC(OC(=O)c1cccc(S(=O)(=O)N2CCCC2)c1)C(=O)c1ccc(NS(C)(=O)=O)cc1. The molecule has 11 heteroatoms. The highest BCUT2D eigenvalue weighted by molar-refractivity contribution is 7.92. The second kappa shape index (κ2) is 9.39. The minimum absolute atomic E-state index is 0.00166. The van der Waals surface area contributed by atoms with Crippen LogP contribution in [0.4, 0.5) is 5.69 Å². The van der Waals surface area contributed by atoms with Gasteiger partial charge in [-0.1, -0.05) is 6.07 Å². The Kier molecular flexibility index (Phi) is 7.01. The highest BCUT2D eigenvalue weighted by atomic mass is 32.2. The smallest absolute Gasteiger partial charge is 0.338 e. The fourth-order valence-corrected chi connectivity index (χ4v) is 5.42. The minimum Gasteiger partial charge on any atom is -0.451 e. The molecule has 0 amide bonds. The molecule has 1 aliphatic rings. The van der Waals surface area contributed by atoms with Crippen molar-refractivity contribution in [2.24, 2.45) is 0 Å². The van der Waals surface area contributed by atoms with E-state index in [-0.39, 0.29) is 16.0 Å². The van der Waals surface area contributed by atoms with Crippen molar-refractivity contribution in [3.8, 4) is 0 Å². The molecule has 9 nitrogen and oxygen atoms in total. The van der Waals surface area contributed by atoms with Gasteiger partial charge in [0.15, 0.2) is 6.10 Å². The van der Waals surface area contributed by atoms with E-state index in [1.54, 1.807) is 0 Å². The first-order chi connectivity index (χ1) is 15.0. The average Bonchev–Trinajstić information content (AvgIpc) is 3.28. The van der Waals surface area contributed by atoms with E-state index in [0.717, 1.165) is 19.1 Å². The summed E-state index contributed by atoms with van der Waals surface area (Å²) in [6.45, 7) is 2.30. The molecule has 172 valence electrons. The molecule has 3 rings (SSSR count). The number of ether oxygens (including phenoxy) is 1. The van der Waals surface area contributed by atoms with Gasteiger partial charge in [0.25, 0.3) is 0 Å². The zero-order valence-electron chi connectivity index (χ0n) is 17.6. The Morgan fingerprint density at radius 2 is 1.59 bits per heavy atom. The number of hydrogen-bond acceptors (Lipinski definition) is 7. The van der Waals surface area contributed by atoms with Crippen LogP contribution in [0.1, 0.15) is 40.5 Å². The second-order valence-electron chi connectivity index (χ2n) is 7.50. The number of Topliss-reactive ketones (excluding diaryl/α,β-unsaturated/α-hetero) is 1. The molecule has 0 spiro atoms. The summed E-state index contributed by atoms with van der Waals surface area (Å²) >= 11 is 0. The molecular formula is C21H24N2O7S2. The summed E-state index contributed by atoms with van der Waals surface area (Å²) in [5.74, 6) is -1.30. The predicted octanol–water partition coefficient (Wildman–Crippen LogP) is 2.27. The van der Waals surface area contributed by atoms with Crippen molar-refractivity contribution in [3.63, 3.8) is 0 Å². The third kappa shape index (κ3) is 5.72. The van der Waals surface area contributed by atoms with Crippen molar-refractivity contribution in [2.45, 2.75) is 30.8 Å². The van der Waals surface area contributed by atoms with E-state index in [2.05, 4.69) is 4.72 Å². The van der Waals surface area contributed by atoms with Crippen molar-refractivity contribution < 1.29 is 31.2 Å². The Labute approximate surface area is 187 Å². The number of anilines is 1. The second-order valence-corrected chi connectivity index (χ2v) is 11.2. The van der Waals surface area contributed by atoms with Crippen LogP contribution < -0.4 is 4.72 Å². The van der Waals surface area contributed by atoms with Crippen molar-refractivity contribution in [3.05, 3.63) is 59.7 Å². The first-order valence-corrected chi connectivity index (χ1v) is 13.2. The highest BCUT2D eigenvalue weighted by Gasteiger charge is 2.28. The molecular weight excluding hydrogens is 456 g/mol. The summed E-state index contributed by atoms with van der Waals surface area (Å²) in [6.07, 6.45) is 1.48. The van der Waals surface area contributed by atoms with Crippen molar-refractivity contribution >= 4 is 37.5 Å². The number of esters is 1. The molecule has 1 aliphatic heterocycles. The van der Waals surface area contributed by atoms with E-state index in [4.69, 9.17) is 4.74 Å². The molecule has 1 heterocycles. The molecule has 32 heavy (non-hydrogen) atoms. The summed E-state index contributed by atoms with van der Waals surface area (Å²) in [4.78, 5) is 25.1. The standard InChI is InChI=1S/C21H24N2O7S2/c1-15(20(24)16-8-10-18(11-9-16)22-31(2,26)27)30-21(25)17-6-5-7-19(14-17)32(28,29)23-12-3-4-13-23/h5-11,14-15,22H,3-4,12-13H2,1-2H3. The van der Waals surface area contributed by atoms with Crippen LogP contribution in [-0.4, -0.2) is 58.3 Å². The van der Waals surface area contributed by atoms with Gasteiger partial charge in [-0.15, -0.1) is 0 Å². The lowest BCUT2D eigenvalue weighted by atomic mass is 10.1. The maximum absolute atomic E-state index is 12.7. The van der Waals surface area contributed by atoms with Gasteiger partial charge in [0, 0.05) is 24.3 Å². The average molecular weight is 481 g/mol. The van der Waals surface area contributed by atoms with E-state index in [9.17, 15) is 26.4 Å². The number of ketones is 1. The Hall–Kier alpha value is -2.76. The first-order valence-electron chi connectivity index (χ1n) is 9.91. The Balaban J connectivity index is 1.69. The summed E-state index contributed by atoms with van der Waals surface area (Å²) < 4.78 is 56.9. The summed E-state index contributed by atoms with van der Waals surface area (Å²) in [5.41, 5.74) is 0.553. The van der Waals surface area contributed by atoms with Gasteiger partial charge in [0.05, 0.1) is 16.7 Å². The number of nitrogens with zero attached hydrogens (tertiary/aromatic N) is 1. The Morgan fingerprint density at radius 3 is 2.19 bits per heavy atom. The summed E-state index contributed by atoms with van der Waals surface area (Å²) in [7, 11) is -7.13. The van der Waals surface area contributed by atoms with Gasteiger partial charge in [-0.2, -0.15) is 4.31 Å². The predicted molar refractivity (Wildman–Crippen MR) is 119 cm³/mol. The number of rotatable bonds is 8. The monoisotopic (exact) mass is 480 g/mol. The fraction of sp³-hybridized carbons (Fsp3) is 0.333. The van der Waals surface area contributed by atoms with Crippen molar-refractivity contribution in [2.75, 3.05) is 24.1 Å². The molecule has 0 aliphatic carbocycles. The van der Waals surface area contributed by atoms with Crippen LogP contribution in [0.2, 0.25) is 0 Å². The summed E-state index contributed by atoms with van der Waals surface area (Å²) in [5, 5.41) is 0. The molecule has 0 bridgehead atoms. The largest absolute Gasteiger partial charge is 0.451 e. The molecule has 2 aromatic rings. The molecule has 0 aromatic heterocycles. The lowest BCUT2D eigenvalue weighted by Gasteiger charge is -2.16. The zero-order valence-corrected chi connectivity index (χ0v) is 19.3. The minimum atomic E-state index is -3.69. The molecule has 0 radical (unpaired) electrons. The van der Waals surface area contributed by atoms with Crippen molar-refractivity contribution in [1.29, 1.82) is 0 Å². The Morgan fingerprint density at radius 1 is 0.969 bits per heavy atom. The number of carbonyl (C=O) groups excluding carboxylic acids is 2. The van der Waals surface area contributed by atoms with Crippen LogP contribution in [0, 0.1) is 0 Å². The highest BCUT2D eigenvalue weighted by Crippen LogP contribution is 2.22. The van der Waals surface area contributed by atoms with Crippen LogP contribution in [-0.2, 0) is 24.8 Å². The number of carbonyl (C=O) groups is 2. The molecule has 1 unspecified atom stereocenters. The normalized spacial score (nSPS) is 15.8. The number of sulfonamides is 2. The molecule has 1 fully saturated rings. The number of nitrogens with one attached hydrogen (secondary N) is 1. The third-order valence-electron chi connectivity index (χ3n) is 4.90. The van der Waals surface area contributed by atoms with Crippen LogP contribution in [0.5, 0.6) is 0 Å². The van der Waals surface area contributed by atoms with Gasteiger partial charge >= 0.3 is 5.97 Å². The van der Waals surface area contributed by atoms with Gasteiger partial charge in [-0.05, 0) is 62.2 Å². The molecule has 2 aromatic carbocycles. The van der Waals surface area contributed by atoms with Gasteiger partial charge in [0.2, 0.25) is 25.8 Å². The molecule has 1 atom stereocenters. The van der Waals surface area contributed by atoms with Gasteiger partial charge in [0.1, 0.15) is 0 Å². The first kappa shape index (κ1) is 23.9. The van der Waals surface area contributed by atoms with Gasteiger partial charge in [-0.25, -0.2) is 21.6 Å². The van der Waals surface area contributed by atoms with Crippen LogP contribution in [0.15, 0.2) is 53.4 Å². The third-order valence-corrected chi connectivity index (χ3v) is 7.40. The van der Waals surface area contributed by atoms with E-state index >= 15 is 0 Å². The van der Waals surface area contributed by atoms with E-state index < -0.39 is 37.9 Å². The van der Waals surface area contributed by atoms with E-state index in [1.165, 1.54) is 59.8 Å². The summed E-state index contributed by atoms with van der Waals surface area (Å²) in [6, 6.07) is 11.2. The maximum Gasteiger partial charge on any atom is 0.338 e. The number of benzene rings is 2. The van der Waals surface area contributed by atoms with E-state index in [0.29, 0.717) is 18.8 Å². The van der Waals surface area contributed by atoms with Gasteiger partial charge < -0.3 is 4.74 Å². The molecule has 0 saturated carbocycles. The topological polar surface area (TPSA) is 127 Å². The van der Waals surface area contributed by atoms with Gasteiger partial charge in [-0.3, -0.25) is 9.52 Å². The van der Waals surface area contributed by atoms with Crippen molar-refractivity contribution in [1.82, 2.24) is 4.31 Å². The van der Waals surface area contributed by atoms with Crippen LogP contribution >= 0.6 is 0 Å². The maximum atomic E-state index is 12.7. The van der Waals surface area contributed by atoms with Crippen LogP contribution in [0.25, 0.3) is 0 Å². The fourth-order valence-electron chi connectivity index (χ4n) is 3.29. The lowest BCUT2D eigenvalue weighted by molar-refractivity contribution is 0.0318.